The molecule has 1 fully saturated rings. The van der Waals surface area contributed by atoms with Crippen molar-refractivity contribution in [1.82, 2.24) is 19.5 Å². The molecule has 6 atom stereocenters. The number of imidazole rings is 1. The third kappa shape index (κ3) is 6.31. The predicted octanol–water partition coefficient (Wildman–Crippen LogP) is -0.519. The van der Waals surface area contributed by atoms with Gasteiger partial charge in [0.2, 0.25) is 5.95 Å². The van der Waals surface area contributed by atoms with Crippen molar-refractivity contribution in [2.75, 3.05) is 12.3 Å². The second-order valence-electron chi connectivity index (χ2n) is 6.62. The average Bonchev–Trinajstić information content (AvgIpc) is 3.17. The number of phosphoric acid groups is 3. The van der Waals surface area contributed by atoms with Gasteiger partial charge in [0.25, 0.3) is 5.56 Å². The first-order chi connectivity index (χ1) is 16.0. The number of phosphoric ester groups is 1. The SMILES string of the molecule is Nc1nc2c(ncn2[C@@H]2O[C@H](COP(=O)(O)OP(=O)(O)OP(=O)(O)O)[C@H](O)C2(Cl)C#CCl)c(=O)[nH]1. The second kappa shape index (κ2) is 9.82. The Balaban J connectivity index is 1.87. The van der Waals surface area contributed by atoms with Crippen LogP contribution in [0.2, 0.25) is 0 Å². The second-order valence-corrected chi connectivity index (χ2v) is 11.9. The van der Waals surface area contributed by atoms with Gasteiger partial charge in [-0.25, -0.2) is 18.7 Å². The smallest absolute Gasteiger partial charge is 0.387 e. The monoisotopic (exact) mass is 599 g/mol. The molecule has 8 N–H and O–H groups in total. The minimum atomic E-state index is -5.77. The molecule has 23 heteroatoms. The Morgan fingerprint density at radius 2 is 1.91 bits per heavy atom. The number of alkyl halides is 1. The van der Waals surface area contributed by atoms with Crippen molar-refractivity contribution in [3.05, 3.63) is 16.7 Å². The summed E-state index contributed by atoms with van der Waals surface area (Å²) in [6.07, 6.45) is -3.87. The van der Waals surface area contributed by atoms with Crippen molar-refractivity contribution in [3.63, 3.8) is 0 Å². The molecule has 0 spiro atoms. The molecule has 0 amide bonds. The van der Waals surface area contributed by atoms with Crippen LogP contribution in [0.25, 0.3) is 11.2 Å². The summed E-state index contributed by atoms with van der Waals surface area (Å²) in [6, 6.07) is 0. The molecule has 1 aliphatic heterocycles. The number of hydrogen-bond donors (Lipinski definition) is 7. The summed E-state index contributed by atoms with van der Waals surface area (Å²) in [5.74, 6) is 2.00. The number of aliphatic hydroxyl groups is 1. The van der Waals surface area contributed by atoms with E-state index in [1.807, 2.05) is 5.38 Å². The minimum absolute atomic E-state index is 0.140. The summed E-state index contributed by atoms with van der Waals surface area (Å²) >= 11 is 11.9. The van der Waals surface area contributed by atoms with Crippen molar-refractivity contribution in [2.45, 2.75) is 23.3 Å². The summed E-state index contributed by atoms with van der Waals surface area (Å²) in [5.41, 5.74) is 4.50. The van der Waals surface area contributed by atoms with Gasteiger partial charge in [-0.05, 0) is 11.6 Å². The Morgan fingerprint density at radius 3 is 2.51 bits per heavy atom. The van der Waals surface area contributed by atoms with Crippen LogP contribution in [0.3, 0.4) is 0 Å². The van der Waals surface area contributed by atoms with E-state index in [9.17, 15) is 33.4 Å². The number of nitrogens with zero attached hydrogens (tertiary/aromatic N) is 3. The zero-order valence-electron chi connectivity index (χ0n) is 16.5. The average molecular weight is 600 g/mol. The van der Waals surface area contributed by atoms with Gasteiger partial charge in [0.15, 0.2) is 22.3 Å². The standard InChI is InChI=1S/C12H14Cl2N5O13P3/c13-2-1-12(14)7(20)5(3-29-34(25,26)32-35(27,28)31-33(22,23)24)30-10(12)19-4-16-6-8(19)17-11(15)18-9(6)21/h4-5,7,10,20H,3H2,(H,25,26)(H,27,28)(H2,22,23,24)(H3,15,17,18,21)/t5-,7+,10-,12?/m1/s1. The van der Waals surface area contributed by atoms with E-state index < -0.39 is 58.9 Å². The first-order valence-corrected chi connectivity index (χ1v) is 13.9. The van der Waals surface area contributed by atoms with Gasteiger partial charge in [-0.15, -0.1) is 0 Å². The zero-order chi connectivity index (χ0) is 26.4. The Bertz CT molecular complexity index is 1400. The molecule has 3 heterocycles. The van der Waals surface area contributed by atoms with E-state index in [1.165, 1.54) is 0 Å². The number of nitrogen functional groups attached to an aromatic ring is 1. The molecule has 1 saturated heterocycles. The van der Waals surface area contributed by atoms with Gasteiger partial charge in [-0.1, -0.05) is 17.5 Å². The lowest BCUT2D eigenvalue weighted by Crippen LogP contribution is -2.41. The largest absolute Gasteiger partial charge is 0.490 e. The third-order valence-electron chi connectivity index (χ3n) is 4.21. The molecular formula is C12H14Cl2N5O13P3. The van der Waals surface area contributed by atoms with Crippen LogP contribution in [0.5, 0.6) is 0 Å². The van der Waals surface area contributed by atoms with Gasteiger partial charge in [0.1, 0.15) is 12.2 Å². The molecule has 0 radical (unpaired) electrons. The summed E-state index contributed by atoms with van der Waals surface area (Å²) in [6.45, 7) is -1.05. The number of nitrogens with one attached hydrogen (secondary N) is 1. The Kier molecular flexibility index (Phi) is 7.91. The quantitative estimate of drug-likeness (QED) is 0.114. The topological polar surface area (TPSA) is 279 Å². The van der Waals surface area contributed by atoms with Crippen LogP contribution in [0.15, 0.2) is 11.1 Å². The lowest BCUT2D eigenvalue weighted by atomic mass is 9.99. The van der Waals surface area contributed by atoms with Crippen molar-refractivity contribution < 1.29 is 56.3 Å². The van der Waals surface area contributed by atoms with Crippen LogP contribution >= 0.6 is 46.7 Å². The number of hydrogen-bond acceptors (Lipinski definition) is 12. The maximum Gasteiger partial charge on any atom is 0.490 e. The molecule has 2 aromatic heterocycles. The Labute approximate surface area is 203 Å². The lowest BCUT2D eigenvalue weighted by molar-refractivity contribution is -0.0428. The van der Waals surface area contributed by atoms with Gasteiger partial charge in [0, 0.05) is 5.38 Å². The highest BCUT2D eigenvalue weighted by molar-refractivity contribution is 7.66. The van der Waals surface area contributed by atoms with Crippen molar-refractivity contribution in [3.8, 4) is 11.3 Å². The van der Waals surface area contributed by atoms with E-state index in [0.29, 0.717) is 0 Å². The van der Waals surface area contributed by atoms with E-state index >= 15 is 0 Å². The summed E-state index contributed by atoms with van der Waals surface area (Å²) < 4.78 is 52.4. The normalized spacial score (nSPS) is 28.3. The number of fused-ring (bicyclic) bond motifs is 1. The number of H-pyrrole nitrogens is 1. The fraction of sp³-hybridized carbons (Fsp3) is 0.417. The first-order valence-electron chi connectivity index (χ1n) is 8.64. The van der Waals surface area contributed by atoms with Crippen LogP contribution in [-0.4, -0.2) is 67.9 Å². The molecular weight excluding hydrogens is 586 g/mol. The number of anilines is 1. The first kappa shape index (κ1) is 28.2. The van der Waals surface area contributed by atoms with Gasteiger partial charge in [-0.3, -0.25) is 18.9 Å². The van der Waals surface area contributed by atoms with Crippen LogP contribution in [0.1, 0.15) is 6.23 Å². The molecule has 0 aliphatic carbocycles. The van der Waals surface area contributed by atoms with Gasteiger partial charge >= 0.3 is 23.5 Å². The molecule has 194 valence electrons. The van der Waals surface area contributed by atoms with Crippen LogP contribution in [0.4, 0.5) is 5.95 Å². The number of aromatic amines is 1. The Hall–Kier alpha value is -1.38. The van der Waals surface area contributed by atoms with Crippen LogP contribution in [0, 0.1) is 11.3 Å². The highest BCUT2D eigenvalue weighted by atomic mass is 35.5. The lowest BCUT2D eigenvalue weighted by Gasteiger charge is -2.25. The molecule has 0 aromatic carbocycles. The number of halogens is 2. The molecule has 18 nitrogen and oxygen atoms in total. The molecule has 1 aliphatic rings. The van der Waals surface area contributed by atoms with Gasteiger partial charge in [0.05, 0.1) is 12.9 Å². The number of rotatable bonds is 8. The van der Waals surface area contributed by atoms with Crippen molar-refractivity contribution >= 4 is 63.8 Å². The molecule has 3 unspecified atom stereocenters. The fourth-order valence-electron chi connectivity index (χ4n) is 2.95. The Morgan fingerprint density at radius 1 is 1.26 bits per heavy atom. The van der Waals surface area contributed by atoms with E-state index in [-0.39, 0.29) is 17.1 Å². The summed E-state index contributed by atoms with van der Waals surface area (Å²) in [4.78, 5) is 55.9. The highest BCUT2D eigenvalue weighted by Crippen LogP contribution is 2.66. The fourth-order valence-corrected chi connectivity index (χ4v) is 6.53. The zero-order valence-corrected chi connectivity index (χ0v) is 20.7. The van der Waals surface area contributed by atoms with Gasteiger partial charge in [-0.2, -0.15) is 13.6 Å². The van der Waals surface area contributed by atoms with Crippen LogP contribution in [-0.2, 0) is 31.6 Å². The number of nitrogens with two attached hydrogens (primary N) is 1. The number of aromatic nitrogens is 4. The molecule has 0 saturated carbocycles. The highest BCUT2D eigenvalue weighted by Gasteiger charge is 2.57. The molecule has 3 rings (SSSR count). The van der Waals surface area contributed by atoms with E-state index in [4.69, 9.17) is 43.5 Å². The predicted molar refractivity (Wildman–Crippen MR) is 115 cm³/mol. The van der Waals surface area contributed by atoms with Crippen molar-refractivity contribution in [2.24, 2.45) is 0 Å². The number of ether oxygens (including phenoxy) is 1. The summed E-state index contributed by atoms with van der Waals surface area (Å²) in [5, 5.41) is 12.6. The van der Waals surface area contributed by atoms with E-state index in [2.05, 4.69) is 34.0 Å². The van der Waals surface area contributed by atoms with E-state index in [0.717, 1.165) is 10.9 Å². The maximum atomic E-state index is 12.0. The van der Waals surface area contributed by atoms with Gasteiger partial charge < -0.3 is 35.2 Å². The number of aliphatic hydroxyl groups excluding tert-OH is 1. The van der Waals surface area contributed by atoms with E-state index in [1.54, 1.807) is 0 Å². The molecule has 35 heavy (non-hydrogen) atoms. The maximum absolute atomic E-state index is 12.0. The third-order valence-corrected chi connectivity index (χ3v) is 8.61. The molecule has 0 bridgehead atoms. The molecule has 2 aromatic rings. The van der Waals surface area contributed by atoms with Crippen LogP contribution < -0.4 is 11.3 Å². The minimum Gasteiger partial charge on any atom is -0.387 e. The van der Waals surface area contributed by atoms with Crippen molar-refractivity contribution in [1.29, 1.82) is 0 Å². The summed E-state index contributed by atoms with van der Waals surface area (Å²) in [7, 11) is -16.9.